The summed E-state index contributed by atoms with van der Waals surface area (Å²) in [5.41, 5.74) is 5.34. The van der Waals surface area contributed by atoms with Crippen LogP contribution in [0.3, 0.4) is 0 Å². The van der Waals surface area contributed by atoms with Gasteiger partial charge in [-0.05, 0) is 54.9 Å². The van der Waals surface area contributed by atoms with Crippen LogP contribution in [0.1, 0.15) is 18.1 Å². The van der Waals surface area contributed by atoms with Crippen LogP contribution >= 0.6 is 12.2 Å². The molecule has 0 saturated carbocycles. The molecular weight excluding hydrogens is 254 g/mol. The third-order valence-corrected chi connectivity index (χ3v) is 3.55. The average molecular weight is 269 g/mol. The van der Waals surface area contributed by atoms with Crippen LogP contribution in [0.4, 0.5) is 0 Å². The van der Waals surface area contributed by atoms with E-state index in [4.69, 9.17) is 12.2 Å². The van der Waals surface area contributed by atoms with Crippen LogP contribution in [-0.4, -0.2) is 14.5 Å². The van der Waals surface area contributed by atoms with Crippen molar-refractivity contribution in [3.05, 3.63) is 52.4 Å². The summed E-state index contributed by atoms with van der Waals surface area (Å²) in [5, 5.41) is 0. The Bertz CT molecular complexity index is 781. The maximum absolute atomic E-state index is 5.41. The first kappa shape index (κ1) is 12.1. The van der Waals surface area contributed by atoms with Crippen molar-refractivity contribution in [3.63, 3.8) is 0 Å². The monoisotopic (exact) mass is 269 g/mol. The van der Waals surface area contributed by atoms with E-state index in [0.717, 1.165) is 28.8 Å². The van der Waals surface area contributed by atoms with Gasteiger partial charge >= 0.3 is 0 Å². The van der Waals surface area contributed by atoms with Crippen molar-refractivity contribution < 1.29 is 0 Å². The molecule has 0 amide bonds. The molecule has 0 bridgehead atoms. The van der Waals surface area contributed by atoms with Crippen LogP contribution in [0.5, 0.6) is 0 Å². The number of nitrogens with zero attached hydrogens (tertiary/aromatic N) is 2. The summed E-state index contributed by atoms with van der Waals surface area (Å²) in [7, 11) is 0. The largest absolute Gasteiger partial charge is 0.329 e. The van der Waals surface area contributed by atoms with Crippen molar-refractivity contribution in [2.45, 2.75) is 20.3 Å². The molecule has 96 valence electrons. The molecule has 0 saturated heterocycles. The zero-order valence-electron chi connectivity index (χ0n) is 11.0. The van der Waals surface area contributed by atoms with E-state index in [1.54, 1.807) is 0 Å². The lowest BCUT2D eigenvalue weighted by Crippen LogP contribution is -1.96. The summed E-state index contributed by atoms with van der Waals surface area (Å²) in [4.78, 5) is 7.70. The van der Waals surface area contributed by atoms with E-state index >= 15 is 0 Å². The fourth-order valence-electron chi connectivity index (χ4n) is 2.22. The molecule has 0 aliphatic rings. The van der Waals surface area contributed by atoms with Crippen LogP contribution in [0.25, 0.3) is 16.9 Å². The minimum Gasteiger partial charge on any atom is -0.329 e. The van der Waals surface area contributed by atoms with E-state index in [-0.39, 0.29) is 0 Å². The lowest BCUT2D eigenvalue weighted by Gasteiger charge is -2.05. The number of hydrogen-bond acceptors (Lipinski definition) is 2. The van der Waals surface area contributed by atoms with E-state index in [0.29, 0.717) is 4.77 Å². The number of aromatic nitrogens is 3. The molecule has 0 fully saturated rings. The van der Waals surface area contributed by atoms with Gasteiger partial charge in [-0.1, -0.05) is 19.1 Å². The summed E-state index contributed by atoms with van der Waals surface area (Å²) >= 11 is 5.41. The summed E-state index contributed by atoms with van der Waals surface area (Å²) in [5.74, 6) is 0. The van der Waals surface area contributed by atoms with Crippen molar-refractivity contribution in [1.29, 1.82) is 0 Å². The predicted molar refractivity (Wildman–Crippen MR) is 80.4 cm³/mol. The minimum atomic E-state index is 0.678. The number of aromatic amines is 1. The zero-order valence-corrected chi connectivity index (χ0v) is 11.8. The van der Waals surface area contributed by atoms with E-state index < -0.39 is 0 Å². The third kappa shape index (κ3) is 2.08. The molecule has 4 heteroatoms. The number of pyridine rings is 1. The maximum Gasteiger partial charge on any atom is 0.183 e. The van der Waals surface area contributed by atoms with Gasteiger partial charge in [-0.15, -0.1) is 0 Å². The number of aryl methyl sites for hydroxylation is 2. The Labute approximate surface area is 116 Å². The van der Waals surface area contributed by atoms with Crippen LogP contribution in [0.2, 0.25) is 0 Å². The summed E-state index contributed by atoms with van der Waals surface area (Å²) in [6.07, 6.45) is 2.90. The zero-order chi connectivity index (χ0) is 13.4. The Morgan fingerprint density at radius 3 is 2.68 bits per heavy atom. The highest BCUT2D eigenvalue weighted by Crippen LogP contribution is 2.19. The first-order valence-electron chi connectivity index (χ1n) is 6.35. The minimum absolute atomic E-state index is 0.678. The molecule has 2 heterocycles. The van der Waals surface area contributed by atoms with Crippen molar-refractivity contribution >= 4 is 23.4 Å². The Hall–Kier alpha value is -1.94. The molecule has 1 aromatic carbocycles. The number of imidazole rings is 1. The Morgan fingerprint density at radius 1 is 1.26 bits per heavy atom. The highest BCUT2D eigenvalue weighted by molar-refractivity contribution is 7.71. The topological polar surface area (TPSA) is 33.6 Å². The van der Waals surface area contributed by atoms with Gasteiger partial charge < -0.3 is 4.98 Å². The molecule has 0 unspecified atom stereocenters. The van der Waals surface area contributed by atoms with Crippen molar-refractivity contribution in [1.82, 2.24) is 14.5 Å². The van der Waals surface area contributed by atoms with Crippen molar-refractivity contribution in [2.24, 2.45) is 0 Å². The molecule has 0 atom stereocenters. The van der Waals surface area contributed by atoms with Gasteiger partial charge in [0.2, 0.25) is 0 Å². The molecule has 2 aromatic heterocycles. The van der Waals surface area contributed by atoms with E-state index in [9.17, 15) is 0 Å². The molecule has 3 rings (SSSR count). The SMILES string of the molecule is CCc1ccc(-n2c(=S)[nH]c3cc(C)cnc32)cc1. The summed E-state index contributed by atoms with van der Waals surface area (Å²) in [6, 6.07) is 10.5. The highest BCUT2D eigenvalue weighted by atomic mass is 32.1. The average Bonchev–Trinajstić information content (AvgIpc) is 2.74. The lowest BCUT2D eigenvalue weighted by atomic mass is 10.1. The maximum atomic E-state index is 5.41. The first-order valence-corrected chi connectivity index (χ1v) is 6.76. The molecule has 19 heavy (non-hydrogen) atoms. The van der Waals surface area contributed by atoms with Crippen molar-refractivity contribution in [2.75, 3.05) is 0 Å². The molecule has 0 aliphatic carbocycles. The van der Waals surface area contributed by atoms with Gasteiger partial charge in [-0.25, -0.2) is 4.98 Å². The third-order valence-electron chi connectivity index (χ3n) is 3.26. The number of fused-ring (bicyclic) bond motifs is 1. The second-order valence-electron chi connectivity index (χ2n) is 4.67. The number of nitrogens with one attached hydrogen (secondary N) is 1. The molecular formula is C15H15N3S. The summed E-state index contributed by atoms with van der Waals surface area (Å²) < 4.78 is 2.65. The molecule has 0 spiro atoms. The van der Waals surface area contributed by atoms with Crippen LogP contribution in [0, 0.1) is 11.7 Å². The normalized spacial score (nSPS) is 11.1. The highest BCUT2D eigenvalue weighted by Gasteiger charge is 2.07. The number of H-pyrrole nitrogens is 1. The molecule has 1 N–H and O–H groups in total. The number of rotatable bonds is 2. The number of benzene rings is 1. The second kappa shape index (κ2) is 4.63. The predicted octanol–water partition coefficient (Wildman–Crippen LogP) is 3.95. The quantitative estimate of drug-likeness (QED) is 0.715. The van der Waals surface area contributed by atoms with Crippen LogP contribution in [-0.2, 0) is 6.42 Å². The van der Waals surface area contributed by atoms with Gasteiger partial charge in [0.15, 0.2) is 10.4 Å². The fraction of sp³-hybridized carbons (Fsp3) is 0.200. The van der Waals surface area contributed by atoms with Crippen molar-refractivity contribution in [3.8, 4) is 5.69 Å². The molecule has 0 aliphatic heterocycles. The smallest absolute Gasteiger partial charge is 0.183 e. The molecule has 3 nitrogen and oxygen atoms in total. The van der Waals surface area contributed by atoms with E-state index in [1.807, 2.05) is 17.7 Å². The standard InChI is InChI=1S/C15H15N3S/c1-3-11-4-6-12(7-5-11)18-14-13(17-15(18)19)8-10(2)9-16-14/h4-9H,3H2,1-2H3,(H,17,19). The van der Waals surface area contributed by atoms with Gasteiger partial charge in [0.25, 0.3) is 0 Å². The Kier molecular flexibility index (Phi) is 2.95. The second-order valence-corrected chi connectivity index (χ2v) is 5.06. The summed E-state index contributed by atoms with van der Waals surface area (Å²) in [6.45, 7) is 4.17. The first-order chi connectivity index (χ1) is 9.19. The lowest BCUT2D eigenvalue weighted by molar-refractivity contribution is 1.03. The fourth-order valence-corrected chi connectivity index (χ4v) is 2.52. The number of hydrogen-bond donors (Lipinski definition) is 1. The molecule has 0 radical (unpaired) electrons. The van der Waals surface area contributed by atoms with Gasteiger partial charge in [0.1, 0.15) is 0 Å². The molecule has 3 aromatic rings. The Balaban J connectivity index is 2.23. The van der Waals surface area contributed by atoms with Crippen LogP contribution < -0.4 is 0 Å². The van der Waals surface area contributed by atoms with Gasteiger partial charge in [-0.2, -0.15) is 0 Å². The van der Waals surface area contributed by atoms with Gasteiger partial charge in [-0.3, -0.25) is 4.57 Å². The van der Waals surface area contributed by atoms with E-state index in [1.165, 1.54) is 5.56 Å². The van der Waals surface area contributed by atoms with Crippen LogP contribution in [0.15, 0.2) is 36.5 Å². The van der Waals surface area contributed by atoms with E-state index in [2.05, 4.69) is 47.2 Å². The van der Waals surface area contributed by atoms with Gasteiger partial charge in [0, 0.05) is 11.9 Å². The van der Waals surface area contributed by atoms with Gasteiger partial charge in [0.05, 0.1) is 5.52 Å². The Morgan fingerprint density at radius 2 is 2.00 bits per heavy atom.